The minimum Gasteiger partial charge on any atom is -0.322 e. The van der Waals surface area contributed by atoms with E-state index in [1.54, 1.807) is 12.3 Å². The summed E-state index contributed by atoms with van der Waals surface area (Å²) >= 11 is 12.0. The highest BCUT2D eigenvalue weighted by Crippen LogP contribution is 2.25. The van der Waals surface area contributed by atoms with Crippen molar-refractivity contribution in [1.29, 1.82) is 0 Å². The van der Waals surface area contributed by atoms with Gasteiger partial charge in [-0.2, -0.15) is 0 Å². The lowest BCUT2D eigenvalue weighted by Crippen LogP contribution is -2.15. The summed E-state index contributed by atoms with van der Waals surface area (Å²) in [5, 5.41) is 1.04. The van der Waals surface area contributed by atoms with Gasteiger partial charge in [-0.1, -0.05) is 52.5 Å². The van der Waals surface area contributed by atoms with Crippen molar-refractivity contribution in [3.8, 4) is 0 Å². The summed E-state index contributed by atoms with van der Waals surface area (Å²) in [6.07, 6.45) is 2.28. The number of aromatic nitrogens is 1. The highest BCUT2D eigenvalue weighted by molar-refractivity contribution is 6.34. The van der Waals surface area contributed by atoms with E-state index in [4.69, 9.17) is 28.9 Å². The van der Waals surface area contributed by atoms with Crippen molar-refractivity contribution in [1.82, 2.24) is 4.98 Å². The predicted molar refractivity (Wildman–Crippen MR) is 80.8 cm³/mol. The number of nitrogens with zero attached hydrogens (tertiary/aromatic N) is 1. The number of pyridine rings is 1. The van der Waals surface area contributed by atoms with Gasteiger partial charge in [-0.15, -0.1) is 0 Å². The third-order valence-corrected chi connectivity index (χ3v) is 3.43. The molecule has 0 radical (unpaired) electrons. The minimum atomic E-state index is -0.231. The van der Waals surface area contributed by atoms with Crippen LogP contribution in [0.5, 0.6) is 0 Å². The van der Waals surface area contributed by atoms with Gasteiger partial charge < -0.3 is 5.73 Å². The molecule has 0 saturated carbocycles. The van der Waals surface area contributed by atoms with E-state index in [1.807, 2.05) is 0 Å². The van der Waals surface area contributed by atoms with E-state index in [0.717, 1.165) is 0 Å². The van der Waals surface area contributed by atoms with E-state index in [2.05, 4.69) is 37.0 Å². The summed E-state index contributed by atoms with van der Waals surface area (Å²) in [6.45, 7) is 4.16. The lowest BCUT2D eigenvalue weighted by Gasteiger charge is -2.14. The van der Waals surface area contributed by atoms with Crippen molar-refractivity contribution < 1.29 is 0 Å². The average molecular weight is 295 g/mol. The molecule has 1 heterocycles. The van der Waals surface area contributed by atoms with Gasteiger partial charge in [0.2, 0.25) is 0 Å². The third-order valence-electron chi connectivity index (χ3n) is 2.92. The second-order valence-corrected chi connectivity index (χ2v) is 5.67. The Morgan fingerprint density at radius 1 is 1.11 bits per heavy atom. The van der Waals surface area contributed by atoms with Crippen LogP contribution in [-0.4, -0.2) is 4.98 Å². The number of hydrogen-bond donors (Lipinski definition) is 1. The zero-order valence-electron chi connectivity index (χ0n) is 11.0. The highest BCUT2D eigenvalue weighted by Gasteiger charge is 2.13. The standard InChI is InChI=1S/C15H16Cl2N2/c1-9-3-10(2)5-11(4-9)6-14(18)15-13(17)7-12(16)8-19-15/h3-5,7-8,14H,6,18H2,1-2H3. The molecule has 2 nitrogen and oxygen atoms in total. The molecule has 4 heteroatoms. The van der Waals surface area contributed by atoms with Gasteiger partial charge in [0.15, 0.2) is 0 Å². The van der Waals surface area contributed by atoms with E-state index in [-0.39, 0.29) is 6.04 Å². The Labute approximate surface area is 123 Å². The van der Waals surface area contributed by atoms with Gasteiger partial charge in [0.25, 0.3) is 0 Å². The van der Waals surface area contributed by atoms with E-state index < -0.39 is 0 Å². The van der Waals surface area contributed by atoms with Crippen LogP contribution in [0.4, 0.5) is 0 Å². The van der Waals surface area contributed by atoms with E-state index in [0.29, 0.717) is 22.2 Å². The first-order valence-electron chi connectivity index (χ1n) is 6.09. The Hall–Kier alpha value is -1.09. The van der Waals surface area contributed by atoms with Gasteiger partial charge >= 0.3 is 0 Å². The van der Waals surface area contributed by atoms with Gasteiger partial charge in [-0.05, 0) is 31.9 Å². The molecule has 0 amide bonds. The Morgan fingerprint density at radius 2 is 1.74 bits per heavy atom. The summed E-state index contributed by atoms with van der Waals surface area (Å²) in [7, 11) is 0. The molecule has 0 fully saturated rings. The topological polar surface area (TPSA) is 38.9 Å². The van der Waals surface area contributed by atoms with E-state index in [1.165, 1.54) is 16.7 Å². The van der Waals surface area contributed by atoms with Crippen LogP contribution in [0.2, 0.25) is 10.0 Å². The second kappa shape index (κ2) is 5.91. The van der Waals surface area contributed by atoms with Crippen LogP contribution in [0.25, 0.3) is 0 Å². The monoisotopic (exact) mass is 294 g/mol. The Balaban J connectivity index is 2.22. The van der Waals surface area contributed by atoms with Crippen molar-refractivity contribution in [2.75, 3.05) is 0 Å². The molecular weight excluding hydrogens is 279 g/mol. The number of rotatable bonds is 3. The quantitative estimate of drug-likeness (QED) is 0.919. The lowest BCUT2D eigenvalue weighted by atomic mass is 10.00. The Kier molecular flexibility index (Phi) is 4.46. The van der Waals surface area contributed by atoms with E-state index >= 15 is 0 Å². The number of aryl methyl sites for hydroxylation is 2. The van der Waals surface area contributed by atoms with Crippen molar-refractivity contribution in [3.63, 3.8) is 0 Å². The van der Waals surface area contributed by atoms with Crippen molar-refractivity contribution in [2.45, 2.75) is 26.3 Å². The molecule has 1 atom stereocenters. The maximum absolute atomic E-state index is 6.19. The summed E-state index contributed by atoms with van der Waals surface area (Å²) in [5.74, 6) is 0. The molecule has 0 aliphatic heterocycles. The van der Waals surface area contributed by atoms with Crippen LogP contribution in [0.3, 0.4) is 0 Å². The molecule has 2 N–H and O–H groups in total. The maximum Gasteiger partial charge on any atom is 0.0761 e. The smallest absolute Gasteiger partial charge is 0.0761 e. The Bertz CT molecular complexity index is 576. The zero-order valence-corrected chi connectivity index (χ0v) is 12.5. The van der Waals surface area contributed by atoms with Crippen molar-refractivity contribution in [2.24, 2.45) is 5.73 Å². The van der Waals surface area contributed by atoms with Crippen LogP contribution in [0.1, 0.15) is 28.4 Å². The fourth-order valence-electron chi connectivity index (χ4n) is 2.24. The normalized spacial score (nSPS) is 12.5. The molecule has 0 aliphatic rings. The summed E-state index contributed by atoms with van der Waals surface area (Å²) in [5.41, 5.74) is 10.5. The van der Waals surface area contributed by atoms with Gasteiger partial charge in [0.05, 0.1) is 21.8 Å². The molecule has 0 spiro atoms. The van der Waals surface area contributed by atoms with Crippen LogP contribution >= 0.6 is 23.2 Å². The molecule has 100 valence electrons. The summed E-state index contributed by atoms with van der Waals surface area (Å²) < 4.78 is 0. The molecule has 2 rings (SSSR count). The van der Waals surface area contributed by atoms with Gasteiger partial charge in [-0.25, -0.2) is 0 Å². The van der Waals surface area contributed by atoms with Gasteiger partial charge in [0.1, 0.15) is 0 Å². The van der Waals surface area contributed by atoms with Crippen LogP contribution in [0, 0.1) is 13.8 Å². The fourth-order valence-corrected chi connectivity index (χ4v) is 2.76. The number of halogens is 2. The molecule has 0 bridgehead atoms. The first kappa shape index (κ1) is 14.3. The van der Waals surface area contributed by atoms with E-state index in [9.17, 15) is 0 Å². The lowest BCUT2D eigenvalue weighted by molar-refractivity contribution is 0.696. The highest BCUT2D eigenvalue weighted by atomic mass is 35.5. The number of benzene rings is 1. The first-order chi connectivity index (χ1) is 8.95. The molecule has 2 aromatic rings. The van der Waals surface area contributed by atoms with Gasteiger partial charge in [-0.3, -0.25) is 4.98 Å². The molecule has 0 saturated heterocycles. The maximum atomic E-state index is 6.19. The zero-order chi connectivity index (χ0) is 14.0. The second-order valence-electron chi connectivity index (χ2n) is 4.83. The van der Waals surface area contributed by atoms with Crippen LogP contribution < -0.4 is 5.73 Å². The summed E-state index contributed by atoms with van der Waals surface area (Å²) in [4.78, 5) is 4.23. The Morgan fingerprint density at radius 3 is 2.32 bits per heavy atom. The molecule has 1 aromatic heterocycles. The third kappa shape index (κ3) is 3.69. The number of hydrogen-bond acceptors (Lipinski definition) is 2. The minimum absolute atomic E-state index is 0.231. The van der Waals surface area contributed by atoms with Crippen molar-refractivity contribution >= 4 is 23.2 Å². The molecule has 19 heavy (non-hydrogen) atoms. The predicted octanol–water partition coefficient (Wildman–Crippen LogP) is 4.25. The van der Waals surface area contributed by atoms with Crippen LogP contribution in [0.15, 0.2) is 30.5 Å². The van der Waals surface area contributed by atoms with Crippen molar-refractivity contribution in [3.05, 3.63) is 62.9 Å². The molecule has 1 unspecified atom stereocenters. The number of nitrogens with two attached hydrogens (primary N) is 1. The average Bonchev–Trinajstić information content (AvgIpc) is 2.26. The van der Waals surface area contributed by atoms with Crippen LogP contribution in [-0.2, 0) is 6.42 Å². The van der Waals surface area contributed by atoms with Gasteiger partial charge in [0, 0.05) is 6.20 Å². The molecular formula is C15H16Cl2N2. The SMILES string of the molecule is Cc1cc(C)cc(CC(N)c2ncc(Cl)cc2Cl)c1. The fraction of sp³-hybridized carbons (Fsp3) is 0.267. The first-order valence-corrected chi connectivity index (χ1v) is 6.85. The summed E-state index contributed by atoms with van der Waals surface area (Å²) in [6, 6.07) is 7.86. The molecule has 0 aliphatic carbocycles. The largest absolute Gasteiger partial charge is 0.322 e. The molecule has 1 aromatic carbocycles.